The molecule has 0 saturated carbocycles. The summed E-state index contributed by atoms with van der Waals surface area (Å²) < 4.78 is 10.5. The quantitative estimate of drug-likeness (QED) is 0.870. The van der Waals surface area contributed by atoms with E-state index in [1.165, 1.54) is 0 Å². The summed E-state index contributed by atoms with van der Waals surface area (Å²) in [6.45, 7) is 0. The standard InChI is InChI=1S/C13H16O4/c1-16-10-5-8-3-4-9(6-12(14)15)13(8)11(7-10)17-2/h5,7,9H,3-4,6H2,1-2H3,(H,14,15). The Balaban J connectivity index is 2.40. The predicted molar refractivity (Wildman–Crippen MR) is 62.9 cm³/mol. The number of hydrogen-bond donors (Lipinski definition) is 1. The van der Waals surface area contributed by atoms with E-state index >= 15 is 0 Å². The normalized spacial score (nSPS) is 17.6. The topological polar surface area (TPSA) is 55.8 Å². The molecule has 0 aliphatic heterocycles. The molecule has 1 aromatic carbocycles. The van der Waals surface area contributed by atoms with Crippen LogP contribution in [0.4, 0.5) is 0 Å². The molecule has 0 bridgehead atoms. The minimum atomic E-state index is -0.763. The van der Waals surface area contributed by atoms with Crippen molar-refractivity contribution in [1.82, 2.24) is 0 Å². The summed E-state index contributed by atoms with van der Waals surface area (Å²) in [5.74, 6) is 0.795. The van der Waals surface area contributed by atoms with Gasteiger partial charge in [0.1, 0.15) is 11.5 Å². The van der Waals surface area contributed by atoms with Crippen LogP contribution in [0.15, 0.2) is 12.1 Å². The average Bonchev–Trinajstić information content (AvgIpc) is 2.70. The summed E-state index contributed by atoms with van der Waals surface area (Å²) in [5, 5.41) is 8.90. The second kappa shape index (κ2) is 4.65. The van der Waals surface area contributed by atoms with Crippen molar-refractivity contribution in [3.05, 3.63) is 23.3 Å². The van der Waals surface area contributed by atoms with Gasteiger partial charge in [0.2, 0.25) is 0 Å². The first-order chi connectivity index (χ1) is 8.15. The number of ether oxygens (including phenoxy) is 2. The molecule has 1 aliphatic rings. The minimum Gasteiger partial charge on any atom is -0.497 e. The average molecular weight is 236 g/mol. The summed E-state index contributed by atoms with van der Waals surface area (Å²) in [6.07, 6.45) is 1.92. The zero-order valence-corrected chi connectivity index (χ0v) is 10.0. The van der Waals surface area contributed by atoms with E-state index in [2.05, 4.69) is 0 Å². The van der Waals surface area contributed by atoms with Crippen LogP contribution in [0.2, 0.25) is 0 Å². The lowest BCUT2D eigenvalue weighted by molar-refractivity contribution is -0.137. The highest BCUT2D eigenvalue weighted by Crippen LogP contribution is 2.43. The van der Waals surface area contributed by atoms with Gasteiger partial charge in [0.25, 0.3) is 0 Å². The van der Waals surface area contributed by atoms with Gasteiger partial charge in [0.15, 0.2) is 0 Å². The number of rotatable bonds is 4. The van der Waals surface area contributed by atoms with Crippen LogP contribution in [0.3, 0.4) is 0 Å². The van der Waals surface area contributed by atoms with E-state index in [1.807, 2.05) is 12.1 Å². The van der Waals surface area contributed by atoms with E-state index in [0.29, 0.717) is 0 Å². The van der Waals surface area contributed by atoms with Gasteiger partial charge in [-0.3, -0.25) is 4.79 Å². The van der Waals surface area contributed by atoms with Gasteiger partial charge in [-0.1, -0.05) is 0 Å². The van der Waals surface area contributed by atoms with Crippen molar-refractivity contribution in [3.8, 4) is 11.5 Å². The van der Waals surface area contributed by atoms with E-state index in [9.17, 15) is 4.79 Å². The Labute approximate surface area is 100 Å². The Morgan fingerprint density at radius 1 is 1.41 bits per heavy atom. The Hall–Kier alpha value is -1.71. The van der Waals surface area contributed by atoms with E-state index in [0.717, 1.165) is 35.5 Å². The molecular formula is C13H16O4. The fourth-order valence-corrected chi connectivity index (χ4v) is 2.50. The number of carbonyl (C=O) groups is 1. The molecule has 0 aromatic heterocycles. The SMILES string of the molecule is COc1cc2c(c(OC)c1)C(CC(=O)O)CC2. The third-order valence-electron chi connectivity index (χ3n) is 3.25. The molecule has 0 heterocycles. The Morgan fingerprint density at radius 3 is 2.76 bits per heavy atom. The summed E-state index contributed by atoms with van der Waals surface area (Å²) in [5.41, 5.74) is 2.18. The van der Waals surface area contributed by atoms with Crippen LogP contribution < -0.4 is 9.47 Å². The molecule has 17 heavy (non-hydrogen) atoms. The molecule has 1 aliphatic carbocycles. The lowest BCUT2D eigenvalue weighted by Gasteiger charge is -2.14. The number of aryl methyl sites for hydroxylation is 1. The summed E-state index contributed by atoms with van der Waals surface area (Å²) in [4.78, 5) is 10.8. The molecule has 0 saturated heterocycles. The molecule has 1 atom stereocenters. The Kier molecular flexibility index (Phi) is 3.22. The van der Waals surface area contributed by atoms with Crippen LogP contribution >= 0.6 is 0 Å². The summed E-state index contributed by atoms with van der Waals surface area (Å²) in [7, 11) is 3.22. The highest BCUT2D eigenvalue weighted by molar-refractivity contribution is 5.69. The Morgan fingerprint density at radius 2 is 2.18 bits per heavy atom. The third kappa shape index (κ3) is 2.20. The molecule has 0 radical (unpaired) electrons. The molecule has 1 aromatic rings. The maximum Gasteiger partial charge on any atom is 0.303 e. The van der Waals surface area contributed by atoms with Crippen molar-refractivity contribution >= 4 is 5.97 Å². The van der Waals surface area contributed by atoms with Crippen LogP contribution in [-0.4, -0.2) is 25.3 Å². The number of carboxylic acids is 1. The molecule has 0 spiro atoms. The van der Waals surface area contributed by atoms with E-state index in [4.69, 9.17) is 14.6 Å². The first-order valence-electron chi connectivity index (χ1n) is 5.62. The van der Waals surface area contributed by atoms with Crippen molar-refractivity contribution in [3.63, 3.8) is 0 Å². The number of carboxylic acid groups (broad SMARTS) is 1. The molecule has 92 valence electrons. The summed E-state index contributed by atoms with van der Waals surface area (Å²) in [6, 6.07) is 3.79. The maximum absolute atomic E-state index is 10.8. The zero-order chi connectivity index (χ0) is 12.4. The second-order valence-electron chi connectivity index (χ2n) is 4.24. The number of aliphatic carboxylic acids is 1. The van der Waals surface area contributed by atoms with E-state index < -0.39 is 5.97 Å². The molecule has 2 rings (SSSR count). The highest BCUT2D eigenvalue weighted by atomic mass is 16.5. The number of fused-ring (bicyclic) bond motifs is 1. The molecule has 0 amide bonds. The van der Waals surface area contributed by atoms with Gasteiger partial charge in [-0.2, -0.15) is 0 Å². The van der Waals surface area contributed by atoms with Crippen molar-refractivity contribution < 1.29 is 19.4 Å². The predicted octanol–water partition coefficient (Wildman–Crippen LogP) is 2.21. The van der Waals surface area contributed by atoms with Crippen LogP contribution in [0.1, 0.15) is 29.9 Å². The van der Waals surface area contributed by atoms with E-state index in [-0.39, 0.29) is 12.3 Å². The van der Waals surface area contributed by atoms with E-state index in [1.54, 1.807) is 14.2 Å². The third-order valence-corrected chi connectivity index (χ3v) is 3.25. The van der Waals surface area contributed by atoms with Crippen molar-refractivity contribution in [1.29, 1.82) is 0 Å². The van der Waals surface area contributed by atoms with Crippen molar-refractivity contribution in [2.45, 2.75) is 25.2 Å². The monoisotopic (exact) mass is 236 g/mol. The fraction of sp³-hybridized carbons (Fsp3) is 0.462. The fourth-order valence-electron chi connectivity index (χ4n) is 2.50. The van der Waals surface area contributed by atoms with Gasteiger partial charge >= 0.3 is 5.97 Å². The van der Waals surface area contributed by atoms with Crippen LogP contribution in [0.25, 0.3) is 0 Å². The lowest BCUT2D eigenvalue weighted by atomic mass is 9.97. The zero-order valence-electron chi connectivity index (χ0n) is 10.0. The first kappa shape index (κ1) is 11.8. The molecular weight excluding hydrogens is 220 g/mol. The van der Waals surface area contributed by atoms with Gasteiger partial charge in [0.05, 0.1) is 20.6 Å². The van der Waals surface area contributed by atoms with Crippen LogP contribution in [-0.2, 0) is 11.2 Å². The van der Waals surface area contributed by atoms with Crippen LogP contribution in [0.5, 0.6) is 11.5 Å². The van der Waals surface area contributed by atoms with Gasteiger partial charge in [0, 0.05) is 11.6 Å². The summed E-state index contributed by atoms with van der Waals surface area (Å²) >= 11 is 0. The van der Waals surface area contributed by atoms with Gasteiger partial charge < -0.3 is 14.6 Å². The molecule has 1 unspecified atom stereocenters. The number of hydrogen-bond acceptors (Lipinski definition) is 3. The second-order valence-corrected chi connectivity index (χ2v) is 4.24. The largest absolute Gasteiger partial charge is 0.497 e. The van der Waals surface area contributed by atoms with Crippen molar-refractivity contribution in [2.24, 2.45) is 0 Å². The van der Waals surface area contributed by atoms with Gasteiger partial charge in [-0.05, 0) is 30.4 Å². The minimum absolute atomic E-state index is 0.0587. The molecule has 1 N–H and O–H groups in total. The van der Waals surface area contributed by atoms with Gasteiger partial charge in [-0.15, -0.1) is 0 Å². The molecule has 4 heteroatoms. The number of methoxy groups -OCH3 is 2. The number of benzene rings is 1. The smallest absolute Gasteiger partial charge is 0.303 e. The lowest BCUT2D eigenvalue weighted by Crippen LogP contribution is -2.04. The van der Waals surface area contributed by atoms with Gasteiger partial charge in [-0.25, -0.2) is 0 Å². The Bertz CT molecular complexity index is 439. The van der Waals surface area contributed by atoms with Crippen molar-refractivity contribution in [2.75, 3.05) is 14.2 Å². The first-order valence-corrected chi connectivity index (χ1v) is 5.62. The van der Waals surface area contributed by atoms with Crippen LogP contribution in [0, 0.1) is 0 Å². The maximum atomic E-state index is 10.8. The highest BCUT2D eigenvalue weighted by Gasteiger charge is 2.28. The molecule has 0 fully saturated rings. The molecule has 4 nitrogen and oxygen atoms in total.